The van der Waals surface area contributed by atoms with E-state index in [2.05, 4.69) is 6.92 Å². The molecule has 1 aromatic carbocycles. The number of cyclic esters (lactones) is 2. The Kier molecular flexibility index (Phi) is 4.74. The minimum absolute atomic E-state index is 0.00220. The van der Waals surface area contributed by atoms with Crippen LogP contribution in [0.5, 0.6) is 0 Å². The Bertz CT molecular complexity index is 547. The molecule has 1 saturated heterocycles. The first-order chi connectivity index (χ1) is 10.3. The van der Waals surface area contributed by atoms with Crippen molar-refractivity contribution in [3.05, 3.63) is 35.4 Å². The number of carbonyl (C=O) groups excluding carboxylic acids is 2. The van der Waals surface area contributed by atoms with Crippen LogP contribution in [0.15, 0.2) is 24.3 Å². The lowest BCUT2D eigenvalue weighted by atomic mass is 9.84. The van der Waals surface area contributed by atoms with Crippen LogP contribution >= 0.6 is 0 Å². The van der Waals surface area contributed by atoms with Gasteiger partial charge in [-0.25, -0.2) is 4.79 Å². The number of aryl methyl sites for hydroxylation is 1. The molecule has 0 N–H and O–H groups in total. The second-order valence-corrected chi connectivity index (χ2v) is 6.00. The number of rotatable bonds is 5. The van der Waals surface area contributed by atoms with Crippen LogP contribution in [0.25, 0.3) is 0 Å². The second kappa shape index (κ2) is 6.38. The smallest absolute Gasteiger partial charge is 0.461 e. The topological polar surface area (TPSA) is 61.8 Å². The Morgan fingerprint density at radius 3 is 2.36 bits per heavy atom. The summed E-state index contributed by atoms with van der Waals surface area (Å²) in [5, 5.41) is 0. The number of hydrogen-bond acceptors (Lipinski definition) is 5. The highest BCUT2D eigenvalue weighted by Gasteiger charge is 2.37. The van der Waals surface area contributed by atoms with E-state index in [1.807, 2.05) is 38.1 Å². The highest BCUT2D eigenvalue weighted by atomic mass is 16.8. The van der Waals surface area contributed by atoms with Crippen molar-refractivity contribution in [1.29, 1.82) is 0 Å². The molecule has 120 valence electrons. The number of esters is 1. The van der Waals surface area contributed by atoms with Gasteiger partial charge in [-0.05, 0) is 38.3 Å². The molecule has 1 heterocycles. The molecule has 2 unspecified atom stereocenters. The SMILES string of the molecule is CCc1ccc(C(C)(C)C(=O)OCC2OC(=O)OC2C)cc1. The molecule has 0 spiro atoms. The summed E-state index contributed by atoms with van der Waals surface area (Å²) in [6.45, 7) is 7.43. The zero-order chi connectivity index (χ0) is 16.3. The molecule has 0 aliphatic carbocycles. The molecule has 2 atom stereocenters. The highest BCUT2D eigenvalue weighted by Crippen LogP contribution is 2.26. The van der Waals surface area contributed by atoms with Crippen LogP contribution in [-0.2, 0) is 30.8 Å². The molecule has 1 aromatic rings. The van der Waals surface area contributed by atoms with Crippen molar-refractivity contribution in [2.45, 2.75) is 51.7 Å². The van der Waals surface area contributed by atoms with E-state index in [-0.39, 0.29) is 12.6 Å². The maximum Gasteiger partial charge on any atom is 0.509 e. The van der Waals surface area contributed by atoms with Gasteiger partial charge in [0.2, 0.25) is 0 Å². The lowest BCUT2D eigenvalue weighted by Gasteiger charge is -2.24. The first-order valence-corrected chi connectivity index (χ1v) is 7.48. The van der Waals surface area contributed by atoms with Crippen molar-refractivity contribution in [2.24, 2.45) is 0 Å². The Labute approximate surface area is 130 Å². The summed E-state index contributed by atoms with van der Waals surface area (Å²) in [7, 11) is 0. The van der Waals surface area contributed by atoms with Gasteiger partial charge in [-0.2, -0.15) is 0 Å². The minimum atomic E-state index is -0.765. The van der Waals surface area contributed by atoms with Gasteiger partial charge >= 0.3 is 12.1 Å². The number of ether oxygens (including phenoxy) is 3. The molecule has 0 saturated carbocycles. The first-order valence-electron chi connectivity index (χ1n) is 7.48. The molecule has 0 amide bonds. The fourth-order valence-corrected chi connectivity index (χ4v) is 2.26. The molecule has 2 rings (SSSR count). The molecule has 5 nitrogen and oxygen atoms in total. The van der Waals surface area contributed by atoms with Gasteiger partial charge < -0.3 is 14.2 Å². The molecular formula is C17H22O5. The Morgan fingerprint density at radius 2 is 1.86 bits per heavy atom. The summed E-state index contributed by atoms with van der Waals surface area (Å²) in [6.07, 6.45) is -0.722. The predicted molar refractivity (Wildman–Crippen MR) is 80.6 cm³/mol. The van der Waals surface area contributed by atoms with E-state index < -0.39 is 23.8 Å². The summed E-state index contributed by atoms with van der Waals surface area (Å²) in [6, 6.07) is 7.92. The van der Waals surface area contributed by atoms with E-state index in [1.54, 1.807) is 6.92 Å². The molecule has 22 heavy (non-hydrogen) atoms. The number of benzene rings is 1. The van der Waals surface area contributed by atoms with Gasteiger partial charge in [0, 0.05) is 0 Å². The zero-order valence-electron chi connectivity index (χ0n) is 13.4. The highest BCUT2D eigenvalue weighted by molar-refractivity contribution is 5.82. The van der Waals surface area contributed by atoms with Crippen LogP contribution in [0.2, 0.25) is 0 Å². The van der Waals surface area contributed by atoms with Crippen molar-refractivity contribution < 1.29 is 23.8 Å². The van der Waals surface area contributed by atoms with Gasteiger partial charge in [0.15, 0.2) is 6.10 Å². The van der Waals surface area contributed by atoms with E-state index in [9.17, 15) is 9.59 Å². The molecule has 0 radical (unpaired) electrons. The van der Waals surface area contributed by atoms with E-state index in [1.165, 1.54) is 5.56 Å². The largest absolute Gasteiger partial charge is 0.509 e. The fraction of sp³-hybridized carbons (Fsp3) is 0.529. The molecule has 1 fully saturated rings. The van der Waals surface area contributed by atoms with Gasteiger partial charge in [-0.1, -0.05) is 31.2 Å². The standard InChI is InChI=1S/C17H22O5/c1-5-12-6-8-13(9-7-12)17(3,4)15(18)20-10-14-11(2)21-16(19)22-14/h6-9,11,14H,5,10H2,1-4H3. The lowest BCUT2D eigenvalue weighted by Crippen LogP contribution is -2.35. The Hall–Kier alpha value is -2.04. The number of hydrogen-bond donors (Lipinski definition) is 0. The van der Waals surface area contributed by atoms with Crippen LogP contribution in [0.1, 0.15) is 38.8 Å². The van der Waals surface area contributed by atoms with Gasteiger partial charge in [-0.15, -0.1) is 0 Å². The second-order valence-electron chi connectivity index (χ2n) is 6.00. The van der Waals surface area contributed by atoms with Crippen molar-refractivity contribution in [1.82, 2.24) is 0 Å². The third-order valence-electron chi connectivity index (χ3n) is 4.03. The predicted octanol–water partition coefficient (Wildman–Crippen LogP) is 2.99. The Morgan fingerprint density at radius 1 is 1.23 bits per heavy atom. The molecule has 0 bridgehead atoms. The van der Waals surface area contributed by atoms with E-state index in [0.717, 1.165) is 12.0 Å². The first kappa shape index (κ1) is 16.3. The lowest BCUT2D eigenvalue weighted by molar-refractivity contribution is -0.152. The maximum atomic E-state index is 12.4. The zero-order valence-corrected chi connectivity index (χ0v) is 13.4. The monoisotopic (exact) mass is 306 g/mol. The van der Waals surface area contributed by atoms with E-state index >= 15 is 0 Å². The van der Waals surface area contributed by atoms with Crippen molar-refractivity contribution in [2.75, 3.05) is 6.61 Å². The fourth-order valence-electron chi connectivity index (χ4n) is 2.26. The van der Waals surface area contributed by atoms with E-state index in [0.29, 0.717) is 0 Å². The van der Waals surface area contributed by atoms with Crippen LogP contribution in [0.3, 0.4) is 0 Å². The van der Waals surface area contributed by atoms with Gasteiger partial charge in [-0.3, -0.25) is 4.79 Å². The molecular weight excluding hydrogens is 284 g/mol. The van der Waals surface area contributed by atoms with Crippen LogP contribution in [0.4, 0.5) is 4.79 Å². The molecule has 5 heteroatoms. The summed E-state index contributed by atoms with van der Waals surface area (Å²) >= 11 is 0. The van der Waals surface area contributed by atoms with Crippen molar-refractivity contribution >= 4 is 12.1 Å². The summed E-state index contributed by atoms with van der Waals surface area (Å²) in [5.74, 6) is -0.355. The third-order valence-corrected chi connectivity index (χ3v) is 4.03. The Balaban J connectivity index is 1.99. The van der Waals surface area contributed by atoms with Crippen molar-refractivity contribution in [3.8, 4) is 0 Å². The average Bonchev–Trinajstić information content (AvgIpc) is 2.82. The summed E-state index contributed by atoms with van der Waals surface area (Å²) in [4.78, 5) is 23.4. The normalized spacial score (nSPS) is 21.2. The molecule has 1 aliphatic heterocycles. The van der Waals surface area contributed by atoms with Gasteiger partial charge in [0.25, 0.3) is 0 Å². The van der Waals surface area contributed by atoms with E-state index in [4.69, 9.17) is 14.2 Å². The molecule has 1 aliphatic rings. The van der Waals surface area contributed by atoms with Gasteiger partial charge in [0.1, 0.15) is 12.7 Å². The number of carbonyl (C=O) groups is 2. The average molecular weight is 306 g/mol. The summed E-state index contributed by atoms with van der Waals surface area (Å²) in [5.41, 5.74) is 1.35. The van der Waals surface area contributed by atoms with Gasteiger partial charge in [0.05, 0.1) is 5.41 Å². The van der Waals surface area contributed by atoms with Crippen LogP contribution < -0.4 is 0 Å². The third kappa shape index (κ3) is 3.40. The van der Waals surface area contributed by atoms with Crippen LogP contribution in [0, 0.1) is 0 Å². The quantitative estimate of drug-likeness (QED) is 0.783. The van der Waals surface area contributed by atoms with Crippen molar-refractivity contribution in [3.63, 3.8) is 0 Å². The summed E-state index contributed by atoms with van der Waals surface area (Å²) < 4.78 is 15.1. The van der Waals surface area contributed by atoms with Crippen LogP contribution in [-0.4, -0.2) is 30.9 Å². The minimum Gasteiger partial charge on any atom is -0.461 e. The maximum absolute atomic E-state index is 12.4. The molecule has 0 aromatic heterocycles.